The lowest BCUT2D eigenvalue weighted by molar-refractivity contribution is -0.122. The van der Waals surface area contributed by atoms with E-state index in [9.17, 15) is 13.2 Å². The molecule has 2 N–H and O–H groups in total. The minimum Gasteiger partial charge on any atom is -0.497 e. The molecule has 0 spiro atoms. The van der Waals surface area contributed by atoms with Crippen molar-refractivity contribution in [2.75, 3.05) is 17.1 Å². The van der Waals surface area contributed by atoms with Crippen LogP contribution in [0.4, 0.5) is 11.4 Å². The fourth-order valence-electron chi connectivity index (χ4n) is 2.78. The van der Waals surface area contributed by atoms with Gasteiger partial charge < -0.3 is 14.8 Å². The van der Waals surface area contributed by atoms with E-state index in [0.29, 0.717) is 27.9 Å². The average Bonchev–Trinajstić information content (AvgIpc) is 2.77. The molecule has 0 aromatic heterocycles. The zero-order valence-electron chi connectivity index (χ0n) is 17.8. The number of halogens is 1. The Kier molecular flexibility index (Phi) is 7.27. The lowest BCUT2D eigenvalue weighted by Gasteiger charge is -2.15. The van der Waals surface area contributed by atoms with Crippen molar-refractivity contribution in [1.82, 2.24) is 0 Å². The second kappa shape index (κ2) is 9.93. The standard InChI is InChI=1S/C23H23ClN2O5S/c1-15-4-5-17(24)14-22(15)26-32(28,29)21-12-6-18(7-13-21)25-23(27)16(2)31-20-10-8-19(30-3)9-11-20/h4-14,16,26H,1-3H3,(H,25,27)/t16-/m0/s1. The number of carbonyl (C=O) groups is 1. The number of benzene rings is 3. The summed E-state index contributed by atoms with van der Waals surface area (Å²) in [5.74, 6) is 0.839. The van der Waals surface area contributed by atoms with Gasteiger partial charge in [-0.05, 0) is 80.1 Å². The smallest absolute Gasteiger partial charge is 0.265 e. The highest BCUT2D eigenvalue weighted by Crippen LogP contribution is 2.24. The van der Waals surface area contributed by atoms with Crippen LogP contribution in [0.15, 0.2) is 71.6 Å². The van der Waals surface area contributed by atoms with Gasteiger partial charge in [-0.15, -0.1) is 0 Å². The second-order valence-corrected chi connectivity index (χ2v) is 9.13. The van der Waals surface area contributed by atoms with Crippen LogP contribution < -0.4 is 19.5 Å². The lowest BCUT2D eigenvalue weighted by atomic mass is 10.2. The minimum absolute atomic E-state index is 0.0532. The summed E-state index contributed by atoms with van der Waals surface area (Å²) in [4.78, 5) is 12.5. The quantitative estimate of drug-likeness (QED) is 0.486. The molecule has 168 valence electrons. The number of sulfonamides is 1. The summed E-state index contributed by atoms with van der Waals surface area (Å²) >= 11 is 5.96. The molecule has 0 heterocycles. The highest BCUT2D eigenvalue weighted by Gasteiger charge is 2.18. The van der Waals surface area contributed by atoms with Gasteiger partial charge in [-0.1, -0.05) is 17.7 Å². The topological polar surface area (TPSA) is 93.7 Å². The van der Waals surface area contributed by atoms with Crippen molar-refractivity contribution >= 4 is 38.9 Å². The Bertz CT molecular complexity index is 1200. The molecule has 0 aliphatic rings. The number of carbonyl (C=O) groups excluding carboxylic acids is 1. The van der Waals surface area contributed by atoms with E-state index < -0.39 is 16.1 Å². The Morgan fingerprint density at radius 3 is 2.22 bits per heavy atom. The molecular weight excluding hydrogens is 452 g/mol. The molecule has 1 atom stereocenters. The van der Waals surface area contributed by atoms with Gasteiger partial charge in [-0.2, -0.15) is 0 Å². The molecule has 1 amide bonds. The van der Waals surface area contributed by atoms with Gasteiger partial charge >= 0.3 is 0 Å². The fraction of sp³-hybridized carbons (Fsp3) is 0.174. The highest BCUT2D eigenvalue weighted by atomic mass is 35.5. The summed E-state index contributed by atoms with van der Waals surface area (Å²) in [6.07, 6.45) is -0.765. The number of rotatable bonds is 8. The van der Waals surface area contributed by atoms with Gasteiger partial charge in [0, 0.05) is 10.7 Å². The SMILES string of the molecule is COc1ccc(O[C@@H](C)C(=O)Nc2ccc(S(=O)(=O)Nc3cc(Cl)ccc3C)cc2)cc1. The van der Waals surface area contributed by atoms with Crippen LogP contribution in [0.2, 0.25) is 5.02 Å². The van der Waals surface area contributed by atoms with E-state index in [4.69, 9.17) is 21.1 Å². The molecule has 3 aromatic rings. The summed E-state index contributed by atoms with van der Waals surface area (Å²) < 4.78 is 38.6. The number of nitrogens with one attached hydrogen (secondary N) is 2. The monoisotopic (exact) mass is 474 g/mol. The predicted molar refractivity (Wildman–Crippen MR) is 125 cm³/mol. The number of ether oxygens (including phenoxy) is 2. The third kappa shape index (κ3) is 5.93. The Morgan fingerprint density at radius 2 is 1.59 bits per heavy atom. The summed E-state index contributed by atoms with van der Waals surface area (Å²) in [6, 6.07) is 17.7. The zero-order chi connectivity index (χ0) is 23.3. The molecule has 32 heavy (non-hydrogen) atoms. The summed E-state index contributed by atoms with van der Waals surface area (Å²) in [7, 11) is -2.25. The van der Waals surface area contributed by atoms with Crippen LogP contribution in [-0.2, 0) is 14.8 Å². The van der Waals surface area contributed by atoms with Crippen LogP contribution >= 0.6 is 11.6 Å². The van der Waals surface area contributed by atoms with Crippen LogP contribution in [0.3, 0.4) is 0 Å². The van der Waals surface area contributed by atoms with Crippen molar-refractivity contribution in [3.05, 3.63) is 77.3 Å². The molecule has 0 unspecified atom stereocenters. The summed E-state index contributed by atoms with van der Waals surface area (Å²) in [5, 5.41) is 3.14. The van der Waals surface area contributed by atoms with Crippen LogP contribution in [0.25, 0.3) is 0 Å². The van der Waals surface area contributed by atoms with Crippen molar-refractivity contribution in [1.29, 1.82) is 0 Å². The molecule has 0 bridgehead atoms. The van der Waals surface area contributed by atoms with Crippen molar-refractivity contribution in [3.8, 4) is 11.5 Å². The van der Waals surface area contributed by atoms with E-state index in [-0.39, 0.29) is 10.8 Å². The van der Waals surface area contributed by atoms with Gasteiger partial charge in [-0.3, -0.25) is 9.52 Å². The van der Waals surface area contributed by atoms with Gasteiger partial charge in [0.25, 0.3) is 15.9 Å². The minimum atomic E-state index is -3.82. The van der Waals surface area contributed by atoms with Gasteiger partial charge in [-0.25, -0.2) is 8.42 Å². The van der Waals surface area contributed by atoms with Crippen LogP contribution in [0, 0.1) is 6.92 Å². The maximum Gasteiger partial charge on any atom is 0.265 e. The Morgan fingerprint density at radius 1 is 0.969 bits per heavy atom. The molecule has 3 rings (SSSR count). The Balaban J connectivity index is 1.64. The molecule has 0 aliphatic heterocycles. The van der Waals surface area contributed by atoms with Crippen molar-refractivity contribution in [2.45, 2.75) is 24.8 Å². The van der Waals surface area contributed by atoms with E-state index in [1.165, 1.54) is 24.3 Å². The van der Waals surface area contributed by atoms with Gasteiger partial charge in [0.05, 0.1) is 17.7 Å². The second-order valence-electron chi connectivity index (χ2n) is 7.01. The molecule has 9 heteroatoms. The third-order valence-electron chi connectivity index (χ3n) is 4.62. The normalized spacial score (nSPS) is 12.0. The lowest BCUT2D eigenvalue weighted by Crippen LogP contribution is -2.30. The van der Waals surface area contributed by atoms with E-state index >= 15 is 0 Å². The molecule has 0 aliphatic carbocycles. The van der Waals surface area contributed by atoms with Crippen molar-refractivity contribution in [3.63, 3.8) is 0 Å². The van der Waals surface area contributed by atoms with Crippen LogP contribution in [-0.4, -0.2) is 27.5 Å². The number of anilines is 2. The largest absolute Gasteiger partial charge is 0.497 e. The first kappa shape index (κ1) is 23.4. The number of hydrogen-bond acceptors (Lipinski definition) is 5. The first-order valence-corrected chi connectivity index (χ1v) is 11.5. The van der Waals surface area contributed by atoms with E-state index in [1.807, 2.05) is 0 Å². The van der Waals surface area contributed by atoms with Crippen molar-refractivity contribution in [2.24, 2.45) is 0 Å². The van der Waals surface area contributed by atoms with Crippen LogP contribution in [0.1, 0.15) is 12.5 Å². The number of amides is 1. The Hall–Kier alpha value is -3.23. The first-order chi connectivity index (χ1) is 15.2. The highest BCUT2D eigenvalue weighted by molar-refractivity contribution is 7.92. The molecule has 0 radical (unpaired) electrons. The number of methoxy groups -OCH3 is 1. The van der Waals surface area contributed by atoms with E-state index in [0.717, 1.165) is 5.56 Å². The number of aryl methyl sites for hydroxylation is 1. The van der Waals surface area contributed by atoms with Crippen LogP contribution in [0.5, 0.6) is 11.5 Å². The predicted octanol–water partition coefficient (Wildman–Crippen LogP) is 4.86. The van der Waals surface area contributed by atoms with Crippen molar-refractivity contribution < 1.29 is 22.7 Å². The van der Waals surface area contributed by atoms with Gasteiger partial charge in [0.1, 0.15) is 11.5 Å². The first-order valence-electron chi connectivity index (χ1n) is 9.68. The summed E-state index contributed by atoms with van der Waals surface area (Å²) in [5.41, 5.74) is 1.59. The molecule has 7 nitrogen and oxygen atoms in total. The fourth-order valence-corrected chi connectivity index (χ4v) is 4.07. The Labute approximate surface area is 192 Å². The molecule has 0 saturated carbocycles. The van der Waals surface area contributed by atoms with Gasteiger partial charge in [0.15, 0.2) is 6.10 Å². The summed E-state index contributed by atoms with van der Waals surface area (Å²) in [6.45, 7) is 3.40. The maximum absolute atomic E-state index is 12.7. The van der Waals surface area contributed by atoms with E-state index in [2.05, 4.69) is 10.0 Å². The van der Waals surface area contributed by atoms with Gasteiger partial charge in [0.2, 0.25) is 0 Å². The molecule has 3 aromatic carbocycles. The molecule has 0 saturated heterocycles. The molecular formula is C23H23ClN2O5S. The number of hydrogen-bond donors (Lipinski definition) is 2. The molecule has 0 fully saturated rings. The zero-order valence-corrected chi connectivity index (χ0v) is 19.3. The van der Waals surface area contributed by atoms with E-state index in [1.54, 1.807) is 63.4 Å². The maximum atomic E-state index is 12.7. The average molecular weight is 475 g/mol. The third-order valence-corrected chi connectivity index (χ3v) is 6.23.